The van der Waals surface area contributed by atoms with Gasteiger partial charge in [-0.05, 0) is 44.2 Å². The van der Waals surface area contributed by atoms with Gasteiger partial charge in [-0.1, -0.05) is 47.5 Å². The zero-order valence-electron chi connectivity index (χ0n) is 15.5. The van der Waals surface area contributed by atoms with E-state index in [1.807, 2.05) is 66.9 Å². The molecule has 7 heteroatoms. The van der Waals surface area contributed by atoms with Crippen molar-refractivity contribution in [3.8, 4) is 5.69 Å². The molecule has 0 aliphatic heterocycles. The number of benzene rings is 2. The van der Waals surface area contributed by atoms with Crippen LogP contribution in [0.25, 0.3) is 5.69 Å². The lowest BCUT2D eigenvalue weighted by Crippen LogP contribution is -2.25. The Balaban J connectivity index is 1.68. The first-order valence-electron chi connectivity index (χ1n) is 8.71. The highest BCUT2D eigenvalue weighted by atomic mass is 35.5. The van der Waals surface area contributed by atoms with Crippen LogP contribution in [-0.4, -0.2) is 23.2 Å². The SMILES string of the molecule is Cc1cc(/C=N\NC(=O)CNc2ccccc2)c(C)n1-c1cccc(Cl)c1Cl. The molecule has 0 fully saturated rings. The van der Waals surface area contributed by atoms with E-state index in [2.05, 4.69) is 15.8 Å². The fraction of sp³-hybridized carbons (Fsp3) is 0.143. The fourth-order valence-electron chi connectivity index (χ4n) is 2.91. The summed E-state index contributed by atoms with van der Waals surface area (Å²) < 4.78 is 2.01. The van der Waals surface area contributed by atoms with Crippen molar-refractivity contribution in [2.24, 2.45) is 5.10 Å². The van der Waals surface area contributed by atoms with Crippen molar-refractivity contribution in [2.45, 2.75) is 13.8 Å². The monoisotopic (exact) mass is 414 g/mol. The van der Waals surface area contributed by atoms with Crippen LogP contribution in [0.3, 0.4) is 0 Å². The Bertz CT molecular complexity index is 1010. The molecule has 0 unspecified atom stereocenters. The molecule has 0 spiro atoms. The van der Waals surface area contributed by atoms with Crippen LogP contribution in [0.15, 0.2) is 59.7 Å². The number of hydrazone groups is 1. The van der Waals surface area contributed by atoms with Crippen LogP contribution in [0.4, 0.5) is 5.69 Å². The topological polar surface area (TPSA) is 58.4 Å². The van der Waals surface area contributed by atoms with Gasteiger partial charge in [0, 0.05) is 22.6 Å². The second kappa shape index (κ2) is 8.95. The van der Waals surface area contributed by atoms with E-state index in [4.69, 9.17) is 23.2 Å². The van der Waals surface area contributed by atoms with E-state index in [-0.39, 0.29) is 12.5 Å². The lowest BCUT2D eigenvalue weighted by Gasteiger charge is -2.12. The molecule has 28 heavy (non-hydrogen) atoms. The van der Waals surface area contributed by atoms with Gasteiger partial charge < -0.3 is 9.88 Å². The molecule has 0 atom stereocenters. The van der Waals surface area contributed by atoms with E-state index in [0.717, 1.165) is 28.3 Å². The molecule has 0 saturated carbocycles. The molecule has 144 valence electrons. The summed E-state index contributed by atoms with van der Waals surface area (Å²) in [6.45, 7) is 4.08. The van der Waals surface area contributed by atoms with Crippen LogP contribution >= 0.6 is 23.2 Å². The van der Waals surface area contributed by atoms with Crippen LogP contribution in [0.1, 0.15) is 17.0 Å². The lowest BCUT2D eigenvalue weighted by molar-refractivity contribution is -0.119. The predicted octanol–water partition coefficient (Wildman–Crippen LogP) is 4.96. The lowest BCUT2D eigenvalue weighted by atomic mass is 10.2. The van der Waals surface area contributed by atoms with Crippen molar-refractivity contribution in [1.29, 1.82) is 0 Å². The highest BCUT2D eigenvalue weighted by Gasteiger charge is 2.13. The first kappa shape index (κ1) is 20.0. The molecule has 1 aromatic heterocycles. The maximum absolute atomic E-state index is 11.9. The molecule has 3 aromatic rings. The molecule has 2 N–H and O–H groups in total. The van der Waals surface area contributed by atoms with Crippen molar-refractivity contribution < 1.29 is 4.79 Å². The highest BCUT2D eigenvalue weighted by Crippen LogP contribution is 2.31. The third kappa shape index (κ3) is 4.55. The number of carbonyl (C=O) groups is 1. The third-order valence-electron chi connectivity index (χ3n) is 4.26. The molecule has 0 saturated heterocycles. The second-order valence-corrected chi connectivity index (χ2v) is 7.03. The number of rotatable bonds is 6. The number of amides is 1. The van der Waals surface area contributed by atoms with E-state index in [0.29, 0.717) is 10.0 Å². The summed E-state index contributed by atoms with van der Waals surface area (Å²) >= 11 is 12.5. The summed E-state index contributed by atoms with van der Waals surface area (Å²) in [6.07, 6.45) is 1.62. The molecule has 0 aliphatic carbocycles. The number of nitrogens with one attached hydrogen (secondary N) is 2. The molecule has 0 bridgehead atoms. The number of aromatic nitrogens is 1. The van der Waals surface area contributed by atoms with Gasteiger partial charge in [0.1, 0.15) is 0 Å². The molecule has 1 amide bonds. The minimum Gasteiger partial charge on any atom is -0.376 e. The fourth-order valence-corrected chi connectivity index (χ4v) is 3.29. The largest absolute Gasteiger partial charge is 0.376 e. The number of nitrogens with zero attached hydrogens (tertiary/aromatic N) is 2. The number of anilines is 1. The molecule has 0 aliphatic rings. The third-order valence-corrected chi connectivity index (χ3v) is 5.07. The molecule has 5 nitrogen and oxygen atoms in total. The van der Waals surface area contributed by atoms with Gasteiger partial charge >= 0.3 is 0 Å². The number of aryl methyl sites for hydroxylation is 1. The van der Waals surface area contributed by atoms with Gasteiger partial charge in [-0.2, -0.15) is 5.10 Å². The van der Waals surface area contributed by atoms with E-state index < -0.39 is 0 Å². The Morgan fingerprint density at radius 1 is 1.11 bits per heavy atom. The van der Waals surface area contributed by atoms with Gasteiger partial charge in [0.25, 0.3) is 5.91 Å². The number of hydrogen-bond acceptors (Lipinski definition) is 3. The van der Waals surface area contributed by atoms with Crippen LogP contribution in [-0.2, 0) is 4.79 Å². The number of halogens is 2. The zero-order chi connectivity index (χ0) is 20.1. The number of para-hydroxylation sites is 1. The molecular formula is C21H20Cl2N4O. The summed E-state index contributed by atoms with van der Waals surface area (Å²) in [5.74, 6) is -0.230. The van der Waals surface area contributed by atoms with Gasteiger partial charge in [-0.25, -0.2) is 5.43 Å². The van der Waals surface area contributed by atoms with Gasteiger partial charge in [-0.15, -0.1) is 0 Å². The van der Waals surface area contributed by atoms with E-state index >= 15 is 0 Å². The van der Waals surface area contributed by atoms with E-state index in [9.17, 15) is 4.79 Å². The summed E-state index contributed by atoms with van der Waals surface area (Å²) in [7, 11) is 0. The maximum atomic E-state index is 11.9. The van der Waals surface area contributed by atoms with E-state index in [1.54, 1.807) is 12.3 Å². The van der Waals surface area contributed by atoms with Gasteiger partial charge in [0.2, 0.25) is 0 Å². The van der Waals surface area contributed by atoms with Crippen LogP contribution < -0.4 is 10.7 Å². The summed E-state index contributed by atoms with van der Waals surface area (Å²) in [4.78, 5) is 11.9. The predicted molar refractivity (Wildman–Crippen MR) is 116 cm³/mol. The Morgan fingerprint density at radius 2 is 1.86 bits per heavy atom. The van der Waals surface area contributed by atoms with E-state index in [1.165, 1.54) is 0 Å². The molecule has 3 rings (SSSR count). The standard InChI is InChI=1S/C21H20Cl2N4O/c1-14-11-16(15(2)27(14)19-10-6-9-18(22)21(19)23)12-25-26-20(28)13-24-17-7-4-3-5-8-17/h3-12,24H,13H2,1-2H3,(H,26,28)/b25-12-. The van der Waals surface area contributed by atoms with Gasteiger partial charge in [-0.3, -0.25) is 4.79 Å². The van der Waals surface area contributed by atoms with Crippen molar-refractivity contribution >= 4 is 41.0 Å². The van der Waals surface area contributed by atoms with Gasteiger partial charge in [0.05, 0.1) is 28.5 Å². The Kier molecular flexibility index (Phi) is 6.39. The Hall–Kier alpha value is -2.76. The highest BCUT2D eigenvalue weighted by molar-refractivity contribution is 6.43. The first-order valence-corrected chi connectivity index (χ1v) is 9.47. The molecule has 1 heterocycles. The molecular weight excluding hydrogens is 395 g/mol. The zero-order valence-corrected chi connectivity index (χ0v) is 17.1. The van der Waals surface area contributed by atoms with Crippen molar-refractivity contribution in [2.75, 3.05) is 11.9 Å². The summed E-state index contributed by atoms with van der Waals surface area (Å²) in [5, 5.41) is 8.09. The van der Waals surface area contributed by atoms with Gasteiger partial charge in [0.15, 0.2) is 0 Å². The number of hydrogen-bond donors (Lipinski definition) is 2. The average Bonchev–Trinajstić information content (AvgIpc) is 2.97. The molecule has 0 radical (unpaired) electrons. The van der Waals surface area contributed by atoms with Crippen molar-refractivity contribution in [1.82, 2.24) is 9.99 Å². The summed E-state index contributed by atoms with van der Waals surface area (Å²) in [5.41, 5.74) is 7.03. The van der Waals surface area contributed by atoms with Crippen molar-refractivity contribution in [3.05, 3.63) is 81.6 Å². The maximum Gasteiger partial charge on any atom is 0.259 e. The van der Waals surface area contributed by atoms with Crippen molar-refractivity contribution in [3.63, 3.8) is 0 Å². The number of carbonyl (C=O) groups excluding carboxylic acids is 1. The first-order chi connectivity index (χ1) is 13.5. The summed E-state index contributed by atoms with van der Waals surface area (Å²) in [6, 6.07) is 17.0. The van der Waals surface area contributed by atoms with Crippen LogP contribution in [0.5, 0.6) is 0 Å². The van der Waals surface area contributed by atoms with Crippen LogP contribution in [0.2, 0.25) is 10.0 Å². The smallest absolute Gasteiger partial charge is 0.259 e. The average molecular weight is 415 g/mol. The van der Waals surface area contributed by atoms with Crippen LogP contribution in [0, 0.1) is 13.8 Å². The Labute approximate surface area is 174 Å². The second-order valence-electron chi connectivity index (χ2n) is 6.25. The minimum absolute atomic E-state index is 0.137. The Morgan fingerprint density at radius 3 is 2.61 bits per heavy atom. The molecule has 2 aromatic carbocycles. The quantitative estimate of drug-likeness (QED) is 0.442. The normalized spacial score (nSPS) is 11.0. The minimum atomic E-state index is -0.230.